The van der Waals surface area contributed by atoms with Crippen molar-refractivity contribution in [2.75, 3.05) is 12.4 Å². The van der Waals surface area contributed by atoms with E-state index >= 15 is 0 Å². The van der Waals surface area contributed by atoms with Crippen molar-refractivity contribution in [3.05, 3.63) is 83.9 Å². The molecule has 1 aliphatic carbocycles. The molecule has 39 heavy (non-hydrogen) atoms. The maximum absolute atomic E-state index is 14.0. The topological polar surface area (TPSA) is 87.6 Å². The first-order chi connectivity index (χ1) is 18.5. The number of ether oxygens (including phenoxy) is 1. The number of benzene rings is 2. The Labute approximate surface area is 229 Å². The van der Waals surface area contributed by atoms with Crippen molar-refractivity contribution in [1.82, 2.24) is 9.88 Å². The number of hydrogen-bond donors (Lipinski definition) is 2. The van der Waals surface area contributed by atoms with Gasteiger partial charge in [-0.05, 0) is 86.1 Å². The van der Waals surface area contributed by atoms with Gasteiger partial charge >= 0.3 is 0 Å². The van der Waals surface area contributed by atoms with E-state index in [2.05, 4.69) is 49.3 Å². The van der Waals surface area contributed by atoms with Crippen molar-refractivity contribution in [2.45, 2.75) is 59.0 Å². The first-order valence-corrected chi connectivity index (χ1v) is 13.4. The predicted molar refractivity (Wildman–Crippen MR) is 153 cm³/mol. The third-order valence-corrected chi connectivity index (χ3v) is 8.47. The van der Waals surface area contributed by atoms with Crippen LogP contribution in [0.25, 0.3) is 10.9 Å². The summed E-state index contributed by atoms with van der Waals surface area (Å²) >= 11 is 0. The first kappa shape index (κ1) is 26.6. The molecule has 0 aliphatic heterocycles. The lowest BCUT2D eigenvalue weighted by Gasteiger charge is -2.37. The van der Waals surface area contributed by atoms with Crippen LogP contribution >= 0.6 is 0 Å². The summed E-state index contributed by atoms with van der Waals surface area (Å²) in [5.41, 5.74) is 3.02. The Morgan fingerprint density at radius 1 is 1.08 bits per heavy atom. The molecular weight excluding hydrogens is 490 g/mol. The number of nitrogens with one attached hydrogen (secondary N) is 2. The van der Waals surface area contributed by atoms with Gasteiger partial charge in [0.2, 0.25) is 11.8 Å². The molecule has 2 atom stereocenters. The first-order valence-electron chi connectivity index (χ1n) is 13.4. The summed E-state index contributed by atoms with van der Waals surface area (Å²) in [7, 11) is 1.60. The van der Waals surface area contributed by atoms with Crippen LogP contribution in [-0.2, 0) is 16.1 Å². The zero-order valence-electron chi connectivity index (χ0n) is 23.5. The standard InChI is InChI=1S/C32H37N3O4/c1-20-28(24-11-7-8-12-26(24)33-20)29-25(31(29,2)3)18-27(36)35(19-23-10-9-17-39-23)32(4,5)30(37)34-21-13-15-22(38-6)16-14-21/h7-17,25,29,33H,18-19H2,1-6H3,(H,34,37)/t25-,29-/m1/s1. The van der Waals surface area contributed by atoms with Crippen LogP contribution in [0.4, 0.5) is 5.69 Å². The SMILES string of the molecule is COc1ccc(NC(=O)C(C)(C)N(Cc2ccco2)C(=O)C[C@@H]2[C@H](c3c(C)[nH]c4ccccc34)C2(C)C)cc1. The van der Waals surface area contributed by atoms with E-state index in [9.17, 15) is 9.59 Å². The fraction of sp³-hybridized carbons (Fsp3) is 0.375. The number of rotatable bonds is 9. The zero-order valence-corrected chi connectivity index (χ0v) is 23.5. The lowest BCUT2D eigenvalue weighted by molar-refractivity contribution is -0.145. The number of aromatic nitrogens is 1. The number of aryl methyl sites for hydroxylation is 1. The molecule has 1 fully saturated rings. The van der Waals surface area contributed by atoms with Gasteiger partial charge in [0.1, 0.15) is 17.0 Å². The highest BCUT2D eigenvalue weighted by atomic mass is 16.5. The fourth-order valence-electron chi connectivity index (χ4n) is 5.93. The minimum absolute atomic E-state index is 0.0444. The number of hydrogen-bond acceptors (Lipinski definition) is 4. The van der Waals surface area contributed by atoms with Crippen molar-refractivity contribution >= 4 is 28.4 Å². The highest BCUT2D eigenvalue weighted by molar-refractivity contribution is 6.00. The van der Waals surface area contributed by atoms with Gasteiger partial charge in [-0.25, -0.2) is 0 Å². The van der Waals surface area contributed by atoms with Crippen LogP contribution in [0.15, 0.2) is 71.3 Å². The normalized spacial score (nSPS) is 18.1. The van der Waals surface area contributed by atoms with Gasteiger partial charge in [0.25, 0.3) is 0 Å². The van der Waals surface area contributed by atoms with Crippen molar-refractivity contribution < 1.29 is 18.7 Å². The molecule has 2 aromatic heterocycles. The van der Waals surface area contributed by atoms with Crippen LogP contribution in [-0.4, -0.2) is 34.3 Å². The molecule has 7 heteroatoms. The van der Waals surface area contributed by atoms with Crippen LogP contribution < -0.4 is 10.1 Å². The average molecular weight is 528 g/mol. The molecule has 0 radical (unpaired) electrons. The molecule has 1 saturated carbocycles. The third-order valence-electron chi connectivity index (χ3n) is 8.47. The Hall–Kier alpha value is -4.00. The van der Waals surface area contributed by atoms with Gasteiger partial charge in [0, 0.05) is 28.7 Å². The number of carbonyl (C=O) groups is 2. The summed E-state index contributed by atoms with van der Waals surface area (Å²) in [6.45, 7) is 10.3. The second-order valence-corrected chi connectivity index (χ2v) is 11.6. The van der Waals surface area contributed by atoms with Gasteiger partial charge in [-0.3, -0.25) is 9.59 Å². The van der Waals surface area contributed by atoms with Gasteiger partial charge in [-0.2, -0.15) is 0 Å². The largest absolute Gasteiger partial charge is 0.497 e. The Balaban J connectivity index is 1.39. The third kappa shape index (κ3) is 4.93. The van der Waals surface area contributed by atoms with Gasteiger partial charge in [-0.1, -0.05) is 32.0 Å². The minimum Gasteiger partial charge on any atom is -0.497 e. The Bertz CT molecular complexity index is 1480. The van der Waals surface area contributed by atoms with Gasteiger partial charge < -0.3 is 24.4 Å². The molecule has 2 amide bonds. The number of H-pyrrole nitrogens is 1. The van der Waals surface area contributed by atoms with Crippen molar-refractivity contribution in [3.8, 4) is 5.75 Å². The molecule has 7 nitrogen and oxygen atoms in total. The number of para-hydroxylation sites is 1. The number of furan rings is 1. The fourth-order valence-corrected chi connectivity index (χ4v) is 5.93. The molecule has 0 bridgehead atoms. The molecule has 2 heterocycles. The number of nitrogens with zero attached hydrogens (tertiary/aromatic N) is 1. The van der Waals surface area contributed by atoms with E-state index in [-0.39, 0.29) is 35.6 Å². The van der Waals surface area contributed by atoms with Crippen LogP contribution in [0.1, 0.15) is 57.1 Å². The number of carbonyl (C=O) groups excluding carboxylic acids is 2. The van der Waals surface area contributed by atoms with E-state index in [1.807, 2.05) is 12.1 Å². The number of methoxy groups -OCH3 is 1. The van der Waals surface area contributed by atoms with Gasteiger partial charge in [0.05, 0.1) is 19.9 Å². The van der Waals surface area contributed by atoms with E-state index in [1.54, 1.807) is 62.5 Å². The summed E-state index contributed by atoms with van der Waals surface area (Å²) in [5.74, 6) is 1.40. The molecule has 2 N–H and O–H groups in total. The number of amides is 2. The summed E-state index contributed by atoms with van der Waals surface area (Å²) in [4.78, 5) is 32.8. The van der Waals surface area contributed by atoms with Crippen molar-refractivity contribution in [3.63, 3.8) is 0 Å². The maximum atomic E-state index is 14.0. The molecule has 2 aromatic carbocycles. The van der Waals surface area contributed by atoms with Crippen LogP contribution in [0.3, 0.4) is 0 Å². The molecule has 0 spiro atoms. The Kier molecular flexibility index (Phi) is 6.79. The summed E-state index contributed by atoms with van der Waals surface area (Å²) < 4.78 is 10.8. The number of aromatic amines is 1. The van der Waals surface area contributed by atoms with E-state index < -0.39 is 5.54 Å². The van der Waals surface area contributed by atoms with E-state index in [0.717, 1.165) is 11.2 Å². The molecule has 0 unspecified atom stereocenters. The molecule has 0 saturated heterocycles. The average Bonchev–Trinajstić information content (AvgIpc) is 3.28. The second-order valence-electron chi connectivity index (χ2n) is 11.6. The molecular formula is C32H37N3O4. The lowest BCUT2D eigenvalue weighted by Crippen LogP contribution is -2.54. The summed E-state index contributed by atoms with van der Waals surface area (Å²) in [5, 5.41) is 4.19. The highest BCUT2D eigenvalue weighted by Gasteiger charge is 2.60. The second kappa shape index (κ2) is 9.95. The van der Waals surface area contributed by atoms with Crippen LogP contribution in [0.5, 0.6) is 5.75 Å². The van der Waals surface area contributed by atoms with E-state index in [1.165, 1.54) is 10.9 Å². The molecule has 204 valence electrons. The smallest absolute Gasteiger partial charge is 0.249 e. The monoisotopic (exact) mass is 527 g/mol. The van der Waals surface area contributed by atoms with E-state index in [4.69, 9.17) is 9.15 Å². The predicted octanol–water partition coefficient (Wildman–Crippen LogP) is 6.65. The molecule has 4 aromatic rings. The Morgan fingerprint density at radius 2 is 1.79 bits per heavy atom. The number of anilines is 1. The minimum atomic E-state index is -1.13. The summed E-state index contributed by atoms with van der Waals surface area (Å²) in [6.07, 6.45) is 1.93. The van der Waals surface area contributed by atoms with Crippen LogP contribution in [0, 0.1) is 18.3 Å². The lowest BCUT2D eigenvalue weighted by atomic mass is 9.98. The number of fused-ring (bicyclic) bond motifs is 1. The Morgan fingerprint density at radius 3 is 2.46 bits per heavy atom. The molecule has 5 rings (SSSR count). The van der Waals surface area contributed by atoms with Gasteiger partial charge in [-0.15, -0.1) is 0 Å². The van der Waals surface area contributed by atoms with Gasteiger partial charge in [0.15, 0.2) is 0 Å². The highest BCUT2D eigenvalue weighted by Crippen LogP contribution is 2.67. The maximum Gasteiger partial charge on any atom is 0.249 e. The van der Waals surface area contributed by atoms with Crippen LogP contribution in [0.2, 0.25) is 0 Å². The van der Waals surface area contributed by atoms with Crippen molar-refractivity contribution in [2.24, 2.45) is 11.3 Å². The quantitative estimate of drug-likeness (QED) is 0.255. The van der Waals surface area contributed by atoms with Crippen molar-refractivity contribution in [1.29, 1.82) is 0 Å². The van der Waals surface area contributed by atoms with E-state index in [0.29, 0.717) is 23.6 Å². The zero-order chi connectivity index (χ0) is 27.9. The molecule has 1 aliphatic rings. The summed E-state index contributed by atoms with van der Waals surface area (Å²) in [6, 6.07) is 19.1.